The molecule has 0 aliphatic heterocycles. The van der Waals surface area contributed by atoms with Gasteiger partial charge in [-0.3, -0.25) is 4.98 Å². The second-order valence-electron chi connectivity index (χ2n) is 4.54. The van der Waals surface area contributed by atoms with Crippen LogP contribution in [-0.2, 0) is 6.42 Å². The van der Waals surface area contributed by atoms with E-state index in [1.165, 1.54) is 25.7 Å². The normalized spacial score (nSPS) is 12.4. The maximum absolute atomic E-state index is 9.10. The van der Waals surface area contributed by atoms with Crippen LogP contribution < -0.4 is 0 Å². The lowest BCUT2D eigenvalue weighted by atomic mass is 10.0. The minimum absolute atomic E-state index is 0.0499. The van der Waals surface area contributed by atoms with Crippen LogP contribution in [0.25, 0.3) is 0 Å². The maximum atomic E-state index is 9.10. The van der Waals surface area contributed by atoms with Gasteiger partial charge in [-0.2, -0.15) is 5.26 Å². The molecule has 1 rings (SSSR count). The zero-order chi connectivity index (χ0) is 13.1. The number of nitrogens with zero attached hydrogens (tertiary/aromatic N) is 2. The molecule has 96 valence electrons. The highest BCUT2D eigenvalue weighted by Gasteiger charge is 2.04. The summed E-state index contributed by atoms with van der Waals surface area (Å²) >= 11 is 0. The molecule has 0 spiro atoms. The first-order chi connectivity index (χ1) is 8.86. The molecule has 1 aromatic heterocycles. The summed E-state index contributed by atoms with van der Waals surface area (Å²) in [6, 6.07) is 8.16. The fraction of sp³-hybridized carbons (Fsp3) is 0.500. The lowest BCUT2D eigenvalue weighted by Gasteiger charge is -2.02. The van der Waals surface area contributed by atoms with Crippen molar-refractivity contribution in [2.75, 3.05) is 0 Å². The standard InChI is InChI=1S/C16H22N2/c1-2-3-4-5-6-7-10-15(14-17)13-16-11-8-9-12-18-16/h7-12,15H,2-6,13H2,1H3. The number of hydrogen-bond acceptors (Lipinski definition) is 2. The minimum Gasteiger partial charge on any atom is -0.261 e. The van der Waals surface area contributed by atoms with Crippen molar-refractivity contribution in [2.45, 2.75) is 45.4 Å². The van der Waals surface area contributed by atoms with Gasteiger partial charge in [-0.05, 0) is 25.0 Å². The Labute approximate surface area is 110 Å². The van der Waals surface area contributed by atoms with E-state index in [1.807, 2.05) is 24.3 Å². The third-order valence-electron chi connectivity index (χ3n) is 2.91. The molecular formula is C16H22N2. The van der Waals surface area contributed by atoms with Gasteiger partial charge in [-0.1, -0.05) is 44.4 Å². The SMILES string of the molecule is CCCCCCC=CC(C#N)Cc1ccccn1. The fourth-order valence-corrected chi connectivity index (χ4v) is 1.85. The predicted molar refractivity (Wildman–Crippen MR) is 74.9 cm³/mol. The van der Waals surface area contributed by atoms with Crippen molar-refractivity contribution in [2.24, 2.45) is 5.92 Å². The van der Waals surface area contributed by atoms with E-state index in [2.05, 4.69) is 24.1 Å². The highest BCUT2D eigenvalue weighted by atomic mass is 14.7. The van der Waals surface area contributed by atoms with Crippen LogP contribution in [0, 0.1) is 17.2 Å². The van der Waals surface area contributed by atoms with E-state index >= 15 is 0 Å². The second-order valence-corrected chi connectivity index (χ2v) is 4.54. The summed E-state index contributed by atoms with van der Waals surface area (Å²) < 4.78 is 0. The lowest BCUT2D eigenvalue weighted by Crippen LogP contribution is -1.99. The molecule has 0 amide bonds. The Kier molecular flexibility index (Phi) is 7.55. The van der Waals surface area contributed by atoms with Gasteiger partial charge < -0.3 is 0 Å². The first-order valence-corrected chi connectivity index (χ1v) is 6.83. The Morgan fingerprint density at radius 1 is 1.33 bits per heavy atom. The van der Waals surface area contributed by atoms with Crippen molar-refractivity contribution in [1.29, 1.82) is 5.26 Å². The fourth-order valence-electron chi connectivity index (χ4n) is 1.85. The molecule has 0 saturated heterocycles. The van der Waals surface area contributed by atoms with Crippen LogP contribution in [-0.4, -0.2) is 4.98 Å². The van der Waals surface area contributed by atoms with Crippen LogP contribution in [0.4, 0.5) is 0 Å². The zero-order valence-electron chi connectivity index (χ0n) is 11.2. The highest BCUT2D eigenvalue weighted by Crippen LogP contribution is 2.09. The van der Waals surface area contributed by atoms with Crippen LogP contribution in [0.1, 0.15) is 44.7 Å². The van der Waals surface area contributed by atoms with Crippen molar-refractivity contribution in [3.63, 3.8) is 0 Å². The number of allylic oxidation sites excluding steroid dienone is 2. The average Bonchev–Trinajstić information content (AvgIpc) is 2.42. The molecule has 1 heterocycles. The molecule has 2 nitrogen and oxygen atoms in total. The lowest BCUT2D eigenvalue weighted by molar-refractivity contribution is 0.672. The highest BCUT2D eigenvalue weighted by molar-refractivity contribution is 5.10. The van der Waals surface area contributed by atoms with Crippen LogP contribution in [0.15, 0.2) is 36.5 Å². The van der Waals surface area contributed by atoms with Crippen molar-refractivity contribution in [1.82, 2.24) is 4.98 Å². The van der Waals surface area contributed by atoms with E-state index in [-0.39, 0.29) is 5.92 Å². The van der Waals surface area contributed by atoms with Crippen LogP contribution in [0.3, 0.4) is 0 Å². The van der Waals surface area contributed by atoms with E-state index in [1.54, 1.807) is 6.20 Å². The quantitative estimate of drug-likeness (QED) is 0.503. The van der Waals surface area contributed by atoms with Crippen LogP contribution >= 0.6 is 0 Å². The molecule has 18 heavy (non-hydrogen) atoms. The number of pyridine rings is 1. The molecule has 0 fully saturated rings. The van der Waals surface area contributed by atoms with Gasteiger partial charge in [-0.15, -0.1) is 0 Å². The Bertz CT molecular complexity index is 376. The predicted octanol–water partition coefficient (Wildman–Crippen LogP) is 4.29. The zero-order valence-corrected chi connectivity index (χ0v) is 11.2. The molecule has 0 aliphatic rings. The molecule has 0 N–H and O–H groups in total. The smallest absolute Gasteiger partial charge is 0.0701 e. The van der Waals surface area contributed by atoms with Gasteiger partial charge in [0.25, 0.3) is 0 Å². The molecule has 0 bridgehead atoms. The molecule has 0 aliphatic carbocycles. The van der Waals surface area contributed by atoms with Crippen LogP contribution in [0.5, 0.6) is 0 Å². The Morgan fingerprint density at radius 2 is 2.22 bits per heavy atom. The summed E-state index contributed by atoms with van der Waals surface area (Å²) in [4.78, 5) is 4.25. The van der Waals surface area contributed by atoms with Gasteiger partial charge in [0.1, 0.15) is 0 Å². The third-order valence-corrected chi connectivity index (χ3v) is 2.91. The monoisotopic (exact) mass is 242 g/mol. The topological polar surface area (TPSA) is 36.7 Å². The number of nitriles is 1. The van der Waals surface area contributed by atoms with E-state index in [9.17, 15) is 0 Å². The summed E-state index contributed by atoms with van der Waals surface area (Å²) in [7, 11) is 0. The summed E-state index contributed by atoms with van der Waals surface area (Å²) in [6.07, 6.45) is 12.8. The molecule has 1 aromatic rings. The molecule has 0 aromatic carbocycles. The van der Waals surface area contributed by atoms with Crippen molar-refractivity contribution in [3.8, 4) is 6.07 Å². The summed E-state index contributed by atoms with van der Waals surface area (Å²) in [5.41, 5.74) is 0.986. The largest absolute Gasteiger partial charge is 0.261 e. The van der Waals surface area contributed by atoms with Crippen molar-refractivity contribution >= 4 is 0 Å². The Morgan fingerprint density at radius 3 is 2.89 bits per heavy atom. The first-order valence-electron chi connectivity index (χ1n) is 6.83. The van der Waals surface area contributed by atoms with Gasteiger partial charge >= 0.3 is 0 Å². The number of aromatic nitrogens is 1. The second kappa shape index (κ2) is 9.41. The summed E-state index contributed by atoms with van der Waals surface area (Å²) in [5, 5.41) is 9.10. The summed E-state index contributed by atoms with van der Waals surface area (Å²) in [5.74, 6) is -0.0499. The molecule has 0 saturated carbocycles. The van der Waals surface area contributed by atoms with Gasteiger partial charge in [-0.25, -0.2) is 0 Å². The average molecular weight is 242 g/mol. The maximum Gasteiger partial charge on any atom is 0.0701 e. The third kappa shape index (κ3) is 6.20. The first kappa shape index (κ1) is 14.4. The van der Waals surface area contributed by atoms with Crippen LogP contribution in [0.2, 0.25) is 0 Å². The van der Waals surface area contributed by atoms with Gasteiger partial charge in [0.15, 0.2) is 0 Å². The van der Waals surface area contributed by atoms with E-state index in [4.69, 9.17) is 5.26 Å². The molecule has 2 heteroatoms. The van der Waals surface area contributed by atoms with Gasteiger partial charge in [0, 0.05) is 18.3 Å². The number of hydrogen-bond donors (Lipinski definition) is 0. The number of unbranched alkanes of at least 4 members (excludes halogenated alkanes) is 4. The van der Waals surface area contributed by atoms with E-state index in [0.29, 0.717) is 6.42 Å². The van der Waals surface area contributed by atoms with Crippen molar-refractivity contribution < 1.29 is 0 Å². The Hall–Kier alpha value is -1.62. The van der Waals surface area contributed by atoms with E-state index < -0.39 is 0 Å². The van der Waals surface area contributed by atoms with Gasteiger partial charge in [0.05, 0.1) is 12.0 Å². The van der Waals surface area contributed by atoms with E-state index in [0.717, 1.165) is 12.1 Å². The molecular weight excluding hydrogens is 220 g/mol. The number of rotatable bonds is 8. The molecule has 0 radical (unpaired) electrons. The molecule has 1 atom stereocenters. The van der Waals surface area contributed by atoms with Gasteiger partial charge in [0.2, 0.25) is 0 Å². The summed E-state index contributed by atoms with van der Waals surface area (Å²) in [6.45, 7) is 2.22. The Balaban J connectivity index is 2.30. The minimum atomic E-state index is -0.0499. The molecule has 1 unspecified atom stereocenters. The van der Waals surface area contributed by atoms with Crippen molar-refractivity contribution in [3.05, 3.63) is 42.2 Å².